The van der Waals surface area contributed by atoms with E-state index in [0.29, 0.717) is 17.1 Å². The van der Waals surface area contributed by atoms with Crippen molar-refractivity contribution >= 4 is 5.91 Å². The highest BCUT2D eigenvalue weighted by Gasteiger charge is 2.16. The first kappa shape index (κ1) is 22.1. The van der Waals surface area contributed by atoms with Crippen molar-refractivity contribution in [3.63, 3.8) is 0 Å². The molecule has 0 aliphatic heterocycles. The number of hydrogen-bond donors (Lipinski definition) is 2. The number of carbonyl (C=O) groups excluding carboxylic acids is 1. The molecular weight excluding hydrogens is 420 g/mol. The zero-order chi connectivity index (χ0) is 23.5. The number of nitrogens with one attached hydrogen (secondary N) is 1. The van der Waals surface area contributed by atoms with E-state index < -0.39 is 11.9 Å². The maximum atomic E-state index is 12.7. The molecule has 0 unspecified atom stereocenters. The normalized spacial score (nSPS) is 11.9. The predicted octanol–water partition coefficient (Wildman–Crippen LogP) is 2.02. The van der Waals surface area contributed by atoms with Gasteiger partial charge in [-0.2, -0.15) is 5.10 Å². The smallest absolute Gasteiger partial charge is 0.270 e. The fourth-order valence-corrected chi connectivity index (χ4v) is 3.32. The lowest BCUT2D eigenvalue weighted by molar-refractivity contribution is 0.0917. The Kier molecular flexibility index (Phi) is 6.14. The summed E-state index contributed by atoms with van der Waals surface area (Å²) in [5.41, 5.74) is 4.07. The van der Waals surface area contributed by atoms with E-state index in [2.05, 4.69) is 20.4 Å². The van der Waals surface area contributed by atoms with Gasteiger partial charge in [0.1, 0.15) is 5.69 Å². The van der Waals surface area contributed by atoms with Crippen molar-refractivity contribution in [1.29, 1.82) is 0 Å². The second kappa shape index (κ2) is 9.17. The Hall–Kier alpha value is -4.11. The van der Waals surface area contributed by atoms with Crippen LogP contribution in [-0.2, 0) is 14.1 Å². The van der Waals surface area contributed by atoms with Gasteiger partial charge < -0.3 is 15.0 Å². The Balaban J connectivity index is 1.74. The lowest BCUT2D eigenvalue weighted by Gasteiger charge is -2.12. The number of benzene rings is 1. The lowest BCUT2D eigenvalue weighted by Crippen LogP contribution is -2.35. The average Bonchev–Trinajstić information content (AvgIpc) is 3.27. The van der Waals surface area contributed by atoms with Crippen LogP contribution in [0.2, 0.25) is 0 Å². The number of hydrogen-bond acceptors (Lipinski definition) is 6. The summed E-state index contributed by atoms with van der Waals surface area (Å²) in [6.45, 7) is 1.53. The van der Waals surface area contributed by atoms with Gasteiger partial charge in [0, 0.05) is 44.2 Å². The van der Waals surface area contributed by atoms with Gasteiger partial charge in [-0.25, -0.2) is 9.97 Å². The number of aliphatic hydroxyl groups excluding tert-OH is 1. The van der Waals surface area contributed by atoms with Gasteiger partial charge in [0.15, 0.2) is 5.82 Å². The van der Waals surface area contributed by atoms with Crippen molar-refractivity contribution in [2.45, 2.75) is 13.0 Å². The number of pyridine rings is 1. The lowest BCUT2D eigenvalue weighted by atomic mass is 10.0. The molecule has 4 aromatic rings. The number of rotatable bonds is 6. The number of aromatic nitrogens is 5. The van der Waals surface area contributed by atoms with Gasteiger partial charge in [-0.15, -0.1) is 0 Å². The molecule has 9 nitrogen and oxygen atoms in total. The van der Waals surface area contributed by atoms with E-state index in [-0.39, 0.29) is 17.9 Å². The maximum absolute atomic E-state index is 12.7. The molecule has 0 radical (unpaired) electrons. The monoisotopic (exact) mass is 444 g/mol. The van der Waals surface area contributed by atoms with Gasteiger partial charge in [-0.05, 0) is 30.2 Å². The molecule has 0 aliphatic rings. The number of nitrogens with zero attached hydrogens (tertiary/aromatic N) is 5. The third kappa shape index (κ3) is 4.88. The van der Waals surface area contributed by atoms with Crippen LogP contribution in [0.3, 0.4) is 0 Å². The summed E-state index contributed by atoms with van der Waals surface area (Å²) >= 11 is 0. The highest BCUT2D eigenvalue weighted by Crippen LogP contribution is 2.25. The topological polar surface area (TPSA) is 115 Å². The van der Waals surface area contributed by atoms with E-state index in [1.54, 1.807) is 56.4 Å². The van der Waals surface area contributed by atoms with Crippen molar-refractivity contribution < 1.29 is 9.90 Å². The molecule has 33 heavy (non-hydrogen) atoms. The first-order chi connectivity index (χ1) is 15.8. The van der Waals surface area contributed by atoms with Gasteiger partial charge in [-0.3, -0.25) is 14.3 Å². The van der Waals surface area contributed by atoms with Crippen LogP contribution in [0.1, 0.15) is 17.4 Å². The summed E-state index contributed by atoms with van der Waals surface area (Å²) in [4.78, 5) is 33.5. The highest BCUT2D eigenvalue weighted by molar-refractivity contribution is 5.94. The summed E-state index contributed by atoms with van der Waals surface area (Å²) in [5, 5.41) is 16.2. The van der Waals surface area contributed by atoms with Gasteiger partial charge in [-0.1, -0.05) is 24.3 Å². The predicted molar refractivity (Wildman–Crippen MR) is 124 cm³/mol. The van der Waals surface area contributed by atoms with Crippen molar-refractivity contribution in [2.75, 3.05) is 6.61 Å². The molecule has 0 aliphatic carbocycles. The van der Waals surface area contributed by atoms with E-state index in [0.717, 1.165) is 16.7 Å². The maximum Gasteiger partial charge on any atom is 0.270 e. The van der Waals surface area contributed by atoms with Crippen molar-refractivity contribution in [1.82, 2.24) is 29.6 Å². The van der Waals surface area contributed by atoms with Crippen molar-refractivity contribution in [2.24, 2.45) is 14.1 Å². The number of aryl methyl sites for hydroxylation is 2. The molecule has 0 fully saturated rings. The second-order valence-corrected chi connectivity index (χ2v) is 7.87. The number of amides is 1. The third-order valence-corrected chi connectivity index (χ3v) is 5.17. The molecule has 3 heterocycles. The van der Waals surface area contributed by atoms with E-state index in [4.69, 9.17) is 0 Å². The van der Waals surface area contributed by atoms with Crippen LogP contribution in [0.4, 0.5) is 0 Å². The van der Waals surface area contributed by atoms with Crippen molar-refractivity contribution in [3.8, 4) is 33.8 Å². The van der Waals surface area contributed by atoms with Crippen LogP contribution in [0.25, 0.3) is 33.8 Å². The summed E-state index contributed by atoms with van der Waals surface area (Å²) in [5.74, 6) is -0.0169. The standard InChI is InChI=1S/C24H24N6O3/c1-15(14-31)26-24(33)21-10-20(27-23(28-21)19-11-25-30(3)13-19)17-6-4-16(5-7-17)18-8-9-22(32)29(2)12-18/h4-13,15,31H,14H2,1-3H3,(H,26,33)/t15-/m0/s1. The largest absolute Gasteiger partial charge is 0.394 e. The summed E-state index contributed by atoms with van der Waals surface area (Å²) in [6.07, 6.45) is 5.20. The van der Waals surface area contributed by atoms with E-state index >= 15 is 0 Å². The summed E-state index contributed by atoms with van der Waals surface area (Å²) < 4.78 is 3.17. The number of carbonyl (C=O) groups is 1. The van der Waals surface area contributed by atoms with Gasteiger partial charge >= 0.3 is 0 Å². The third-order valence-electron chi connectivity index (χ3n) is 5.17. The Morgan fingerprint density at radius 2 is 1.70 bits per heavy atom. The van der Waals surface area contributed by atoms with Gasteiger partial charge in [0.05, 0.1) is 24.1 Å². The molecule has 0 bridgehead atoms. The van der Waals surface area contributed by atoms with E-state index in [1.807, 2.05) is 24.3 Å². The molecular formula is C24H24N6O3. The van der Waals surface area contributed by atoms with Gasteiger partial charge in [0.2, 0.25) is 5.56 Å². The molecule has 3 aromatic heterocycles. The Bertz CT molecular complexity index is 1360. The fraction of sp³-hybridized carbons (Fsp3) is 0.208. The average molecular weight is 444 g/mol. The molecule has 0 saturated carbocycles. The molecule has 4 rings (SSSR count). The molecule has 0 spiro atoms. The number of aliphatic hydroxyl groups is 1. The van der Waals surface area contributed by atoms with Crippen LogP contribution in [0.5, 0.6) is 0 Å². The van der Waals surface area contributed by atoms with Crippen LogP contribution >= 0.6 is 0 Å². The molecule has 168 valence electrons. The first-order valence-corrected chi connectivity index (χ1v) is 10.4. The minimum Gasteiger partial charge on any atom is -0.394 e. The Labute approximate surface area is 190 Å². The molecule has 1 aromatic carbocycles. The van der Waals surface area contributed by atoms with Crippen LogP contribution in [0.15, 0.2) is 65.8 Å². The van der Waals surface area contributed by atoms with E-state index in [9.17, 15) is 14.7 Å². The summed E-state index contributed by atoms with van der Waals surface area (Å²) in [7, 11) is 3.51. The quantitative estimate of drug-likeness (QED) is 0.470. The fourth-order valence-electron chi connectivity index (χ4n) is 3.32. The van der Waals surface area contributed by atoms with Crippen molar-refractivity contribution in [3.05, 3.63) is 77.1 Å². The minimum absolute atomic E-state index is 0.0689. The van der Waals surface area contributed by atoms with Crippen LogP contribution in [-0.4, -0.2) is 48.0 Å². The SMILES string of the molecule is C[C@@H](CO)NC(=O)c1cc(-c2ccc(-c3ccc(=O)n(C)c3)cc2)nc(-c2cnn(C)c2)n1. The Morgan fingerprint density at radius 3 is 2.33 bits per heavy atom. The Morgan fingerprint density at radius 1 is 1.00 bits per heavy atom. The van der Waals surface area contributed by atoms with Gasteiger partial charge in [0.25, 0.3) is 5.91 Å². The van der Waals surface area contributed by atoms with Crippen LogP contribution in [0, 0.1) is 0 Å². The molecule has 9 heteroatoms. The molecule has 2 N–H and O–H groups in total. The zero-order valence-electron chi connectivity index (χ0n) is 18.6. The molecule has 0 saturated heterocycles. The first-order valence-electron chi connectivity index (χ1n) is 10.4. The second-order valence-electron chi connectivity index (χ2n) is 7.87. The van der Waals surface area contributed by atoms with E-state index in [1.165, 1.54) is 10.6 Å². The highest BCUT2D eigenvalue weighted by atomic mass is 16.3. The molecule has 1 atom stereocenters. The summed E-state index contributed by atoms with van der Waals surface area (Å²) in [6, 6.07) is 12.2. The molecule has 1 amide bonds. The van der Waals surface area contributed by atoms with Crippen LogP contribution < -0.4 is 10.9 Å². The minimum atomic E-state index is -0.404. The zero-order valence-corrected chi connectivity index (χ0v) is 18.6.